The zero-order valence-electron chi connectivity index (χ0n) is 8.53. The van der Waals surface area contributed by atoms with E-state index in [1.54, 1.807) is 19.1 Å². The highest BCUT2D eigenvalue weighted by Crippen LogP contribution is 2.21. The number of halogens is 4. The van der Waals surface area contributed by atoms with Crippen molar-refractivity contribution in [3.05, 3.63) is 29.3 Å². The molecule has 0 nitrogen and oxygen atoms in total. The van der Waals surface area contributed by atoms with Gasteiger partial charge < -0.3 is 0 Å². The van der Waals surface area contributed by atoms with Crippen molar-refractivity contribution in [1.29, 1.82) is 0 Å². The standard InChI is InChI=1S/C10H12ClF3Si/c1-7-4-3-5-9(8(7)2)15(6-11)10(12,13)14/h3-5,15H,6H2,1-2H3. The van der Waals surface area contributed by atoms with Crippen LogP contribution in [0.3, 0.4) is 0 Å². The maximum absolute atomic E-state index is 12.7. The normalized spacial score (nSPS) is 14.0. The summed E-state index contributed by atoms with van der Waals surface area (Å²) >= 11 is 5.45. The van der Waals surface area contributed by atoms with Gasteiger partial charge in [-0.2, -0.15) is 13.2 Å². The van der Waals surface area contributed by atoms with E-state index in [9.17, 15) is 13.2 Å². The quantitative estimate of drug-likeness (QED) is 0.561. The molecule has 0 aliphatic carbocycles. The number of benzene rings is 1. The maximum Gasteiger partial charge on any atom is 0.364 e. The summed E-state index contributed by atoms with van der Waals surface area (Å²) in [7, 11) is -3.06. The first-order valence-corrected chi connectivity index (χ1v) is 7.07. The van der Waals surface area contributed by atoms with E-state index in [1.165, 1.54) is 0 Å². The minimum atomic E-state index is -4.14. The van der Waals surface area contributed by atoms with Gasteiger partial charge in [-0.05, 0) is 30.2 Å². The van der Waals surface area contributed by atoms with Crippen LogP contribution in [0.25, 0.3) is 0 Å². The Labute approximate surface area is 93.7 Å². The smallest absolute Gasteiger partial charge is 0.177 e. The Morgan fingerprint density at radius 1 is 1.27 bits per heavy atom. The predicted octanol–water partition coefficient (Wildman–Crippen LogP) is 2.62. The van der Waals surface area contributed by atoms with Crippen molar-refractivity contribution in [2.24, 2.45) is 0 Å². The molecule has 15 heavy (non-hydrogen) atoms. The van der Waals surface area contributed by atoms with Crippen LogP contribution in [0.2, 0.25) is 0 Å². The molecule has 0 aliphatic heterocycles. The fourth-order valence-electron chi connectivity index (χ4n) is 1.50. The average molecular weight is 253 g/mol. The second kappa shape index (κ2) is 4.57. The van der Waals surface area contributed by atoms with Crippen LogP contribution >= 0.6 is 11.6 Å². The van der Waals surface area contributed by atoms with Crippen molar-refractivity contribution in [1.82, 2.24) is 0 Å². The van der Waals surface area contributed by atoms with Gasteiger partial charge in [-0.3, -0.25) is 0 Å². The van der Waals surface area contributed by atoms with Crippen molar-refractivity contribution in [3.8, 4) is 0 Å². The monoisotopic (exact) mass is 252 g/mol. The van der Waals surface area contributed by atoms with Gasteiger partial charge >= 0.3 is 5.80 Å². The van der Waals surface area contributed by atoms with Crippen molar-refractivity contribution in [2.45, 2.75) is 19.6 Å². The largest absolute Gasteiger partial charge is 0.364 e. The Balaban J connectivity index is 3.19. The van der Waals surface area contributed by atoms with Gasteiger partial charge in [0, 0.05) is 5.50 Å². The van der Waals surface area contributed by atoms with Gasteiger partial charge in [0.2, 0.25) is 8.80 Å². The molecule has 0 saturated heterocycles. The summed E-state index contributed by atoms with van der Waals surface area (Å²) in [6.07, 6.45) is 0. The van der Waals surface area contributed by atoms with Gasteiger partial charge in [0.25, 0.3) is 0 Å². The van der Waals surface area contributed by atoms with Crippen LogP contribution in [0.4, 0.5) is 13.2 Å². The highest BCUT2D eigenvalue weighted by molar-refractivity contribution is 6.80. The maximum atomic E-state index is 12.7. The molecule has 84 valence electrons. The minimum absolute atomic E-state index is 0.298. The number of alkyl halides is 4. The molecule has 1 atom stereocenters. The second-order valence-electron chi connectivity index (χ2n) is 3.54. The molecular formula is C10H12ClF3Si. The Morgan fingerprint density at radius 3 is 2.33 bits per heavy atom. The van der Waals surface area contributed by atoms with E-state index in [4.69, 9.17) is 11.6 Å². The van der Waals surface area contributed by atoms with Gasteiger partial charge in [-0.15, -0.1) is 11.6 Å². The Kier molecular flexibility index (Phi) is 3.84. The van der Waals surface area contributed by atoms with Crippen molar-refractivity contribution in [2.75, 3.05) is 5.50 Å². The average Bonchev–Trinajstić information content (AvgIpc) is 2.11. The minimum Gasteiger partial charge on any atom is -0.177 e. The molecule has 0 bridgehead atoms. The zero-order chi connectivity index (χ0) is 11.6. The van der Waals surface area contributed by atoms with Crippen LogP contribution in [0.15, 0.2) is 18.2 Å². The Hall–Kier alpha value is -0.483. The fourth-order valence-corrected chi connectivity index (χ4v) is 4.31. The number of hydrogen-bond acceptors (Lipinski definition) is 0. The van der Waals surface area contributed by atoms with Crippen LogP contribution < -0.4 is 5.19 Å². The summed E-state index contributed by atoms with van der Waals surface area (Å²) in [5.41, 5.74) is 1.32. The summed E-state index contributed by atoms with van der Waals surface area (Å²) in [4.78, 5) is 0. The van der Waals surface area contributed by atoms with Gasteiger partial charge in [0.1, 0.15) is 0 Å². The third-order valence-corrected chi connectivity index (χ3v) is 5.97. The topological polar surface area (TPSA) is 0 Å². The number of hydrogen-bond donors (Lipinski definition) is 0. The molecule has 0 N–H and O–H groups in total. The zero-order valence-corrected chi connectivity index (χ0v) is 10.4. The number of aryl methyl sites for hydroxylation is 1. The molecule has 1 aromatic carbocycles. The van der Waals surface area contributed by atoms with Gasteiger partial charge in [-0.25, -0.2) is 0 Å². The molecule has 1 rings (SSSR count). The van der Waals surface area contributed by atoms with E-state index in [1.807, 2.05) is 13.0 Å². The molecule has 0 amide bonds. The summed E-state index contributed by atoms with van der Waals surface area (Å²) < 4.78 is 38.1. The van der Waals surface area contributed by atoms with E-state index < -0.39 is 14.6 Å². The van der Waals surface area contributed by atoms with Gasteiger partial charge in [0.15, 0.2) is 0 Å². The Bertz CT molecular complexity index is 349. The molecule has 0 aliphatic rings. The molecule has 0 fully saturated rings. The van der Waals surface area contributed by atoms with E-state index in [0.717, 1.165) is 11.1 Å². The molecule has 0 radical (unpaired) electrons. The lowest BCUT2D eigenvalue weighted by molar-refractivity contribution is -0.0496. The van der Waals surface area contributed by atoms with Gasteiger partial charge in [-0.1, -0.05) is 18.2 Å². The lowest BCUT2D eigenvalue weighted by Gasteiger charge is -2.19. The van der Waals surface area contributed by atoms with Crippen molar-refractivity contribution < 1.29 is 13.2 Å². The highest BCUT2D eigenvalue weighted by atomic mass is 35.5. The first kappa shape index (κ1) is 12.6. The van der Waals surface area contributed by atoms with E-state index >= 15 is 0 Å². The van der Waals surface area contributed by atoms with Crippen LogP contribution in [-0.2, 0) is 0 Å². The lowest BCUT2D eigenvalue weighted by atomic mass is 10.1. The molecule has 0 spiro atoms. The summed E-state index contributed by atoms with van der Waals surface area (Å²) in [5.74, 6) is -4.14. The molecule has 1 aromatic rings. The highest BCUT2D eigenvalue weighted by Gasteiger charge is 2.42. The van der Waals surface area contributed by atoms with Crippen LogP contribution in [0.1, 0.15) is 11.1 Å². The molecule has 1 unspecified atom stereocenters. The van der Waals surface area contributed by atoms with Crippen LogP contribution in [0.5, 0.6) is 0 Å². The van der Waals surface area contributed by atoms with Crippen LogP contribution in [-0.4, -0.2) is 20.1 Å². The number of rotatable bonds is 2. The fraction of sp³-hybridized carbons (Fsp3) is 0.400. The first-order valence-electron chi connectivity index (χ1n) is 4.56. The molecule has 5 heteroatoms. The molecule has 0 saturated carbocycles. The predicted molar refractivity (Wildman–Crippen MR) is 59.5 cm³/mol. The SMILES string of the molecule is Cc1cccc([SiH](CCl)C(F)(F)F)c1C. The molecular weight excluding hydrogens is 241 g/mol. The van der Waals surface area contributed by atoms with Gasteiger partial charge in [0.05, 0.1) is 0 Å². The second-order valence-corrected chi connectivity index (χ2v) is 7.15. The summed E-state index contributed by atoms with van der Waals surface area (Å²) in [6, 6.07) is 5.03. The van der Waals surface area contributed by atoms with E-state index in [-0.39, 0.29) is 5.50 Å². The molecule has 0 aromatic heterocycles. The van der Waals surface area contributed by atoms with E-state index in [2.05, 4.69) is 0 Å². The Morgan fingerprint density at radius 2 is 1.87 bits per heavy atom. The third kappa shape index (κ3) is 2.75. The third-order valence-electron chi connectivity index (χ3n) is 2.57. The van der Waals surface area contributed by atoms with E-state index in [0.29, 0.717) is 5.19 Å². The summed E-state index contributed by atoms with van der Waals surface area (Å²) in [6.45, 7) is 3.54. The summed E-state index contributed by atoms with van der Waals surface area (Å²) in [5, 5.41) is 0.414. The lowest BCUT2D eigenvalue weighted by Crippen LogP contribution is -2.48. The van der Waals surface area contributed by atoms with Crippen molar-refractivity contribution in [3.63, 3.8) is 0 Å². The first-order chi connectivity index (χ1) is 6.88. The van der Waals surface area contributed by atoms with Crippen molar-refractivity contribution >= 4 is 25.6 Å². The van der Waals surface area contributed by atoms with Crippen LogP contribution in [0, 0.1) is 13.8 Å². The molecule has 0 heterocycles.